The van der Waals surface area contributed by atoms with Gasteiger partial charge in [-0.05, 0) is 19.3 Å². The van der Waals surface area contributed by atoms with Gasteiger partial charge in [-0.2, -0.15) is 0 Å². The highest BCUT2D eigenvalue weighted by Crippen LogP contribution is 2.26. The molecule has 0 unspecified atom stereocenters. The van der Waals surface area contributed by atoms with Crippen molar-refractivity contribution in [3.05, 3.63) is 22.9 Å². The summed E-state index contributed by atoms with van der Waals surface area (Å²) in [5.41, 5.74) is 0.0161. The Labute approximate surface area is 78.8 Å². The molecular weight excluding hydrogens is 164 g/mol. The molecule has 0 aliphatic heterocycles. The molecule has 13 heavy (non-hydrogen) atoms. The number of nitrogens with zero attached hydrogens (tertiary/aromatic N) is 1. The van der Waals surface area contributed by atoms with Gasteiger partial charge in [-0.15, -0.1) is 0 Å². The van der Waals surface area contributed by atoms with Crippen molar-refractivity contribution in [2.24, 2.45) is 0 Å². The lowest BCUT2D eigenvalue weighted by Gasteiger charge is -2.31. The number of H-pyrrole nitrogens is 1. The fourth-order valence-electron chi connectivity index (χ4n) is 1.95. The normalized spacial score (nSPS) is 11.9. The number of aromatic amines is 1. The summed E-state index contributed by atoms with van der Waals surface area (Å²) in [6.07, 6.45) is 6.55. The average molecular weight is 182 g/mol. The fraction of sp³-hybridized carbons (Fsp3) is 0.700. The summed E-state index contributed by atoms with van der Waals surface area (Å²) in [6, 6.07) is 0. The zero-order chi connectivity index (χ0) is 9.90. The van der Waals surface area contributed by atoms with Crippen molar-refractivity contribution in [2.75, 3.05) is 0 Å². The SMILES string of the molecule is CCC(CC)(CC)n1cc[nH]c1=O. The number of rotatable bonds is 4. The van der Waals surface area contributed by atoms with Crippen LogP contribution in [0.15, 0.2) is 17.2 Å². The van der Waals surface area contributed by atoms with Gasteiger partial charge in [0.1, 0.15) is 0 Å². The molecule has 0 radical (unpaired) electrons. The largest absolute Gasteiger partial charge is 0.325 e. The molecule has 0 spiro atoms. The predicted octanol–water partition coefficient (Wildman–Crippen LogP) is 2.10. The molecule has 1 N–H and O–H groups in total. The average Bonchev–Trinajstić information content (AvgIpc) is 2.57. The van der Waals surface area contributed by atoms with Gasteiger partial charge in [-0.1, -0.05) is 20.8 Å². The molecule has 1 aromatic heterocycles. The van der Waals surface area contributed by atoms with E-state index in [0.717, 1.165) is 19.3 Å². The lowest BCUT2D eigenvalue weighted by atomic mass is 9.89. The Kier molecular flexibility index (Phi) is 2.96. The van der Waals surface area contributed by atoms with E-state index >= 15 is 0 Å². The van der Waals surface area contributed by atoms with E-state index in [-0.39, 0.29) is 11.2 Å². The molecule has 0 amide bonds. The van der Waals surface area contributed by atoms with Crippen LogP contribution in [0.2, 0.25) is 0 Å². The first-order valence-corrected chi connectivity index (χ1v) is 4.96. The van der Waals surface area contributed by atoms with Crippen molar-refractivity contribution in [2.45, 2.75) is 45.6 Å². The number of aromatic nitrogens is 2. The minimum atomic E-state index is 0.00514. The molecule has 0 bridgehead atoms. The molecule has 0 aliphatic rings. The Hall–Kier alpha value is -0.990. The summed E-state index contributed by atoms with van der Waals surface area (Å²) in [5, 5.41) is 0. The quantitative estimate of drug-likeness (QED) is 0.760. The van der Waals surface area contributed by atoms with Crippen LogP contribution in [0.4, 0.5) is 0 Å². The highest BCUT2D eigenvalue weighted by Gasteiger charge is 2.26. The first kappa shape index (κ1) is 10.1. The third-order valence-electron chi connectivity index (χ3n) is 3.13. The summed E-state index contributed by atoms with van der Waals surface area (Å²) in [7, 11) is 0. The van der Waals surface area contributed by atoms with E-state index < -0.39 is 0 Å². The number of nitrogens with one attached hydrogen (secondary N) is 1. The van der Waals surface area contributed by atoms with Gasteiger partial charge < -0.3 is 4.98 Å². The number of hydrogen-bond acceptors (Lipinski definition) is 1. The molecule has 0 aromatic carbocycles. The molecule has 0 saturated heterocycles. The molecule has 0 saturated carbocycles. The predicted molar refractivity (Wildman–Crippen MR) is 53.9 cm³/mol. The molecule has 74 valence electrons. The van der Waals surface area contributed by atoms with Crippen molar-refractivity contribution in [1.29, 1.82) is 0 Å². The molecule has 3 heteroatoms. The first-order chi connectivity index (χ1) is 6.20. The van der Waals surface area contributed by atoms with Crippen LogP contribution >= 0.6 is 0 Å². The molecule has 1 rings (SSSR count). The summed E-state index contributed by atoms with van der Waals surface area (Å²) in [4.78, 5) is 14.1. The second-order valence-corrected chi connectivity index (χ2v) is 3.42. The highest BCUT2D eigenvalue weighted by atomic mass is 16.1. The summed E-state index contributed by atoms with van der Waals surface area (Å²) in [5.74, 6) is 0. The van der Waals surface area contributed by atoms with Gasteiger partial charge in [0.15, 0.2) is 0 Å². The second-order valence-electron chi connectivity index (χ2n) is 3.42. The van der Waals surface area contributed by atoms with E-state index in [1.165, 1.54) is 0 Å². The molecule has 1 heterocycles. The monoisotopic (exact) mass is 182 g/mol. The van der Waals surface area contributed by atoms with Crippen LogP contribution in [0.5, 0.6) is 0 Å². The smallest absolute Gasteiger partial charge is 0.313 e. The minimum absolute atomic E-state index is 0.00514. The number of imidazole rings is 1. The first-order valence-electron chi connectivity index (χ1n) is 4.96. The maximum Gasteiger partial charge on any atom is 0.325 e. The molecule has 0 atom stereocenters. The standard InChI is InChI=1S/C10H18N2O/c1-4-10(5-2,6-3)12-8-7-11-9(12)13/h7-8H,4-6H2,1-3H3,(H,11,13). The van der Waals surface area contributed by atoms with Gasteiger partial charge in [-0.3, -0.25) is 4.57 Å². The third-order valence-corrected chi connectivity index (χ3v) is 3.13. The van der Waals surface area contributed by atoms with Crippen LogP contribution in [0.3, 0.4) is 0 Å². The zero-order valence-corrected chi connectivity index (χ0v) is 8.63. The van der Waals surface area contributed by atoms with E-state index in [1.807, 2.05) is 10.8 Å². The number of hydrogen-bond donors (Lipinski definition) is 1. The maximum absolute atomic E-state index is 11.4. The van der Waals surface area contributed by atoms with E-state index in [1.54, 1.807) is 6.20 Å². The Bertz CT molecular complexity index is 298. The van der Waals surface area contributed by atoms with Crippen LogP contribution in [0, 0.1) is 0 Å². The van der Waals surface area contributed by atoms with Crippen molar-refractivity contribution in [3.63, 3.8) is 0 Å². The Balaban J connectivity index is 3.15. The van der Waals surface area contributed by atoms with Gasteiger partial charge in [0.25, 0.3) is 0 Å². The topological polar surface area (TPSA) is 37.8 Å². The lowest BCUT2D eigenvalue weighted by Crippen LogP contribution is -2.38. The molecule has 0 fully saturated rings. The van der Waals surface area contributed by atoms with Crippen molar-refractivity contribution in [3.8, 4) is 0 Å². The van der Waals surface area contributed by atoms with Gasteiger partial charge >= 0.3 is 5.69 Å². The highest BCUT2D eigenvalue weighted by molar-refractivity contribution is 4.90. The van der Waals surface area contributed by atoms with Gasteiger partial charge in [0.2, 0.25) is 0 Å². The van der Waals surface area contributed by atoms with Gasteiger partial charge in [0, 0.05) is 17.9 Å². The van der Waals surface area contributed by atoms with Crippen molar-refractivity contribution < 1.29 is 0 Å². The lowest BCUT2D eigenvalue weighted by molar-refractivity contribution is 0.243. The Morgan fingerprint density at radius 3 is 2.15 bits per heavy atom. The molecule has 1 aromatic rings. The minimum Gasteiger partial charge on any atom is -0.313 e. The van der Waals surface area contributed by atoms with Crippen LogP contribution < -0.4 is 5.69 Å². The van der Waals surface area contributed by atoms with Crippen LogP contribution in [0.25, 0.3) is 0 Å². The third kappa shape index (κ3) is 1.55. The fourth-order valence-corrected chi connectivity index (χ4v) is 1.95. The maximum atomic E-state index is 11.4. The summed E-state index contributed by atoms with van der Waals surface area (Å²) < 4.78 is 1.83. The Morgan fingerprint density at radius 2 is 1.85 bits per heavy atom. The van der Waals surface area contributed by atoms with Crippen LogP contribution in [-0.2, 0) is 5.54 Å². The van der Waals surface area contributed by atoms with Crippen molar-refractivity contribution in [1.82, 2.24) is 9.55 Å². The summed E-state index contributed by atoms with van der Waals surface area (Å²) >= 11 is 0. The Morgan fingerprint density at radius 1 is 1.31 bits per heavy atom. The van der Waals surface area contributed by atoms with Gasteiger partial charge in [-0.25, -0.2) is 4.79 Å². The molecule has 0 aliphatic carbocycles. The van der Waals surface area contributed by atoms with E-state index in [4.69, 9.17) is 0 Å². The van der Waals surface area contributed by atoms with Gasteiger partial charge in [0.05, 0.1) is 0 Å². The van der Waals surface area contributed by atoms with Crippen LogP contribution in [0.1, 0.15) is 40.0 Å². The van der Waals surface area contributed by atoms with Crippen LogP contribution in [-0.4, -0.2) is 9.55 Å². The summed E-state index contributed by atoms with van der Waals surface area (Å²) in [6.45, 7) is 6.39. The zero-order valence-electron chi connectivity index (χ0n) is 8.63. The van der Waals surface area contributed by atoms with E-state index in [2.05, 4.69) is 25.8 Å². The molecule has 3 nitrogen and oxygen atoms in total. The molecular formula is C10H18N2O. The van der Waals surface area contributed by atoms with E-state index in [0.29, 0.717) is 0 Å². The van der Waals surface area contributed by atoms with E-state index in [9.17, 15) is 4.79 Å². The van der Waals surface area contributed by atoms with Crippen molar-refractivity contribution >= 4 is 0 Å². The second kappa shape index (κ2) is 3.81.